The average Bonchev–Trinajstić information content (AvgIpc) is 2.69. The van der Waals surface area contributed by atoms with Crippen molar-refractivity contribution in [2.24, 2.45) is 0 Å². The molecule has 0 unspecified atom stereocenters. The largest absolute Gasteiger partial charge is 0.0836 e. The molecule has 0 bridgehead atoms. The van der Waals surface area contributed by atoms with E-state index in [1.807, 2.05) is 0 Å². The number of hydrogen-bond donors (Lipinski definition) is 0. The molecule has 0 saturated heterocycles. The predicted molar refractivity (Wildman–Crippen MR) is 124 cm³/mol. The zero-order chi connectivity index (χ0) is 16.2. The first-order valence-corrected chi connectivity index (χ1v) is 8.54. The smallest absolute Gasteiger partial charge is 0.0105 e. The maximum atomic E-state index is 2.33. The Morgan fingerprint density at radius 1 is 0.481 bits per heavy atom. The highest BCUT2D eigenvalue weighted by Crippen LogP contribution is 2.33. The van der Waals surface area contributed by atoms with Gasteiger partial charge < -0.3 is 0 Å². The van der Waals surface area contributed by atoms with Gasteiger partial charge in [0.25, 0.3) is 0 Å². The van der Waals surface area contributed by atoms with Gasteiger partial charge in [-0.15, -0.1) is 0 Å². The lowest BCUT2D eigenvalue weighted by molar-refractivity contribution is 1.04. The van der Waals surface area contributed by atoms with Crippen LogP contribution in [0.5, 0.6) is 0 Å². The van der Waals surface area contributed by atoms with Crippen LogP contribution in [0.15, 0.2) is 97.1 Å². The summed E-state index contributed by atoms with van der Waals surface area (Å²) in [6.45, 7) is 0. The molecule has 0 heteroatoms. The van der Waals surface area contributed by atoms with E-state index in [4.69, 9.17) is 0 Å². The summed E-state index contributed by atoms with van der Waals surface area (Å²) in [5, 5.41) is 0. The highest BCUT2D eigenvalue weighted by Gasteiger charge is 2.07. The Hall–Kier alpha value is -2.86. The van der Waals surface area contributed by atoms with Crippen LogP contribution in [0.2, 0.25) is 0 Å². The molecule has 0 atom stereocenters. The highest BCUT2D eigenvalue weighted by molar-refractivity contribution is 5.84. The molecular formula is C27H32. The van der Waals surface area contributed by atoms with Crippen molar-refractivity contribution in [3.63, 3.8) is 0 Å². The molecule has 0 heterocycles. The molecule has 4 rings (SSSR count). The third kappa shape index (κ3) is 4.86. The van der Waals surface area contributed by atoms with Gasteiger partial charge in [-0.3, -0.25) is 0 Å². The first-order valence-electron chi connectivity index (χ1n) is 8.54. The van der Waals surface area contributed by atoms with Crippen molar-refractivity contribution in [3.05, 3.63) is 103 Å². The summed E-state index contributed by atoms with van der Waals surface area (Å²) in [5.41, 5.74) is 7.72. The lowest BCUT2D eigenvalue weighted by Gasteiger charge is -2.12. The molecular weight excluding hydrogens is 324 g/mol. The molecule has 0 spiro atoms. The van der Waals surface area contributed by atoms with Crippen molar-refractivity contribution in [3.8, 4) is 22.3 Å². The molecule has 27 heavy (non-hydrogen) atoms. The van der Waals surface area contributed by atoms with Gasteiger partial charge in [0, 0.05) is 0 Å². The van der Waals surface area contributed by atoms with Crippen molar-refractivity contribution >= 4 is 5.57 Å². The normalized spacial score (nSPS) is 12.1. The minimum atomic E-state index is 0. The van der Waals surface area contributed by atoms with E-state index in [9.17, 15) is 0 Å². The van der Waals surface area contributed by atoms with E-state index in [2.05, 4.69) is 97.1 Å². The molecule has 140 valence electrons. The Balaban J connectivity index is 0.00000121. The summed E-state index contributed by atoms with van der Waals surface area (Å²) in [6.07, 6.45) is 9.12. The monoisotopic (exact) mass is 356 g/mol. The Labute approximate surface area is 165 Å². The molecule has 0 fully saturated rings. The molecule has 1 aliphatic rings. The van der Waals surface area contributed by atoms with E-state index >= 15 is 0 Å². The molecule has 0 radical (unpaired) electrons. The van der Waals surface area contributed by atoms with Crippen molar-refractivity contribution in [2.75, 3.05) is 0 Å². The molecule has 0 amide bonds. The van der Waals surface area contributed by atoms with Crippen molar-refractivity contribution in [2.45, 2.75) is 35.1 Å². The van der Waals surface area contributed by atoms with Crippen LogP contribution < -0.4 is 0 Å². The van der Waals surface area contributed by atoms with E-state index in [0.717, 1.165) is 12.8 Å². The predicted octanol–water partition coefficient (Wildman–Crippen LogP) is 8.66. The van der Waals surface area contributed by atoms with Crippen LogP contribution in [0, 0.1) is 0 Å². The molecule has 3 aromatic carbocycles. The van der Waals surface area contributed by atoms with Gasteiger partial charge in [-0.25, -0.2) is 0 Å². The molecule has 0 aliphatic heterocycles. The molecule has 3 aromatic rings. The average molecular weight is 357 g/mol. The van der Waals surface area contributed by atoms with Crippen LogP contribution in [-0.2, 0) is 0 Å². The van der Waals surface area contributed by atoms with Crippen LogP contribution in [0.4, 0.5) is 0 Å². The van der Waals surface area contributed by atoms with Gasteiger partial charge in [0.1, 0.15) is 0 Å². The van der Waals surface area contributed by atoms with Crippen LogP contribution in [-0.4, -0.2) is 0 Å². The standard InChI is InChI=1S/C24H20.3CH4/c1-3-9-19(10-4-1)20-15-17-22(18-16-20)24-14-8-7-13-23(24)21-11-5-2-6-12-21;;;/h2-3,5-18H,1,4H2;3*1H4. The molecule has 0 aromatic heterocycles. The lowest BCUT2D eigenvalue weighted by Crippen LogP contribution is -1.88. The fourth-order valence-corrected chi connectivity index (χ4v) is 3.27. The zero-order valence-corrected chi connectivity index (χ0v) is 13.7. The summed E-state index contributed by atoms with van der Waals surface area (Å²) >= 11 is 0. The quantitative estimate of drug-likeness (QED) is 0.440. The maximum Gasteiger partial charge on any atom is -0.0105 e. The first-order chi connectivity index (χ1) is 11.9. The van der Waals surface area contributed by atoms with Crippen molar-refractivity contribution < 1.29 is 0 Å². The number of hydrogen-bond acceptors (Lipinski definition) is 0. The van der Waals surface area contributed by atoms with E-state index in [1.54, 1.807) is 0 Å². The fraction of sp³-hybridized carbons (Fsp3) is 0.185. The van der Waals surface area contributed by atoms with Crippen molar-refractivity contribution in [1.29, 1.82) is 0 Å². The zero-order valence-electron chi connectivity index (χ0n) is 13.7. The Morgan fingerprint density at radius 2 is 1.00 bits per heavy atom. The summed E-state index contributed by atoms with van der Waals surface area (Å²) in [7, 11) is 0. The minimum absolute atomic E-state index is 0. The maximum absolute atomic E-state index is 2.33. The second-order valence-electron chi connectivity index (χ2n) is 6.13. The van der Waals surface area contributed by atoms with E-state index in [0.29, 0.717) is 0 Å². The Kier molecular flexibility index (Phi) is 8.48. The number of rotatable bonds is 3. The molecule has 0 nitrogen and oxygen atoms in total. The Morgan fingerprint density at radius 3 is 1.56 bits per heavy atom. The van der Waals surface area contributed by atoms with Crippen LogP contribution >= 0.6 is 0 Å². The van der Waals surface area contributed by atoms with Crippen LogP contribution in [0.25, 0.3) is 27.8 Å². The molecule has 1 aliphatic carbocycles. The second kappa shape index (κ2) is 10.3. The number of allylic oxidation sites excluding steroid dienone is 4. The van der Waals surface area contributed by atoms with E-state index < -0.39 is 0 Å². The third-order valence-electron chi connectivity index (χ3n) is 4.54. The molecule has 0 N–H and O–H groups in total. The summed E-state index contributed by atoms with van der Waals surface area (Å²) in [6, 6.07) is 28.2. The molecule has 0 saturated carbocycles. The van der Waals surface area contributed by atoms with Gasteiger partial charge in [0.15, 0.2) is 0 Å². The summed E-state index contributed by atoms with van der Waals surface area (Å²) in [5.74, 6) is 0. The van der Waals surface area contributed by atoms with Gasteiger partial charge in [-0.1, -0.05) is 119 Å². The topological polar surface area (TPSA) is 0 Å². The van der Waals surface area contributed by atoms with Gasteiger partial charge in [-0.2, -0.15) is 0 Å². The van der Waals surface area contributed by atoms with Gasteiger partial charge >= 0.3 is 0 Å². The lowest BCUT2D eigenvalue weighted by atomic mass is 9.92. The SMILES string of the molecule is C.C.C.C1=CC(c2ccc(-c3ccccc3-c3ccccc3)cc2)=CCC1. The minimum Gasteiger partial charge on any atom is -0.0836 e. The number of benzene rings is 3. The second-order valence-corrected chi connectivity index (χ2v) is 6.13. The summed E-state index contributed by atoms with van der Waals surface area (Å²) < 4.78 is 0. The van der Waals surface area contributed by atoms with E-state index in [-0.39, 0.29) is 22.3 Å². The van der Waals surface area contributed by atoms with Crippen LogP contribution in [0.1, 0.15) is 40.7 Å². The first kappa shape index (κ1) is 22.2. The van der Waals surface area contributed by atoms with Gasteiger partial charge in [0.2, 0.25) is 0 Å². The fourth-order valence-electron chi connectivity index (χ4n) is 3.27. The third-order valence-corrected chi connectivity index (χ3v) is 4.54. The van der Waals surface area contributed by atoms with Gasteiger partial charge in [-0.05, 0) is 46.2 Å². The highest BCUT2D eigenvalue weighted by atomic mass is 14.1. The van der Waals surface area contributed by atoms with E-state index in [1.165, 1.54) is 33.4 Å². The van der Waals surface area contributed by atoms with Gasteiger partial charge in [0.05, 0.1) is 0 Å². The van der Waals surface area contributed by atoms with Crippen molar-refractivity contribution in [1.82, 2.24) is 0 Å². The van der Waals surface area contributed by atoms with Crippen LogP contribution in [0.3, 0.4) is 0 Å². The summed E-state index contributed by atoms with van der Waals surface area (Å²) in [4.78, 5) is 0. The Bertz CT molecular complexity index is 881.